The minimum absolute atomic E-state index is 0.946. The third kappa shape index (κ3) is 5.10. The Morgan fingerprint density at radius 2 is 0.875 bits per heavy atom. The average Bonchev–Trinajstić information content (AvgIpc) is 3.62. The van der Waals surface area contributed by atoms with Crippen molar-refractivity contribution in [2.75, 3.05) is 0 Å². The standard InChI is InChI=1S/C44H38N4/c1-5-47-41-13-9-7-11-35(41)37-25-31(15-21-43(37)47)27-45-39-19-17-33(23-29(39)3)34-18-20-40(30(4)24-34)46-28-32-16-22-44-38(26-32)36-12-8-10-14-42(36)48(44)6-2/h7-28H,5-6H2,1-4H3. The van der Waals surface area contributed by atoms with Gasteiger partial charge in [0.15, 0.2) is 0 Å². The van der Waals surface area contributed by atoms with Crippen LogP contribution in [0.15, 0.2) is 131 Å². The fourth-order valence-corrected chi connectivity index (χ4v) is 7.23. The first-order valence-corrected chi connectivity index (χ1v) is 16.8. The molecule has 0 amide bonds. The molecule has 8 rings (SSSR count). The highest BCUT2D eigenvalue weighted by Crippen LogP contribution is 2.33. The number of aryl methyl sites for hydroxylation is 4. The van der Waals surface area contributed by atoms with Crippen LogP contribution in [0.4, 0.5) is 11.4 Å². The van der Waals surface area contributed by atoms with E-state index < -0.39 is 0 Å². The molecule has 0 aliphatic heterocycles. The van der Waals surface area contributed by atoms with Gasteiger partial charge in [0.25, 0.3) is 0 Å². The molecular formula is C44H38N4. The highest BCUT2D eigenvalue weighted by Gasteiger charge is 2.11. The molecule has 0 radical (unpaired) electrons. The molecule has 8 aromatic rings. The van der Waals surface area contributed by atoms with Gasteiger partial charge in [0.2, 0.25) is 0 Å². The van der Waals surface area contributed by atoms with E-state index in [2.05, 4.69) is 158 Å². The van der Waals surface area contributed by atoms with E-state index in [0.29, 0.717) is 0 Å². The van der Waals surface area contributed by atoms with Crippen molar-refractivity contribution in [1.29, 1.82) is 0 Å². The molecule has 0 atom stereocenters. The number of para-hydroxylation sites is 2. The maximum absolute atomic E-state index is 4.90. The molecule has 0 saturated carbocycles. The van der Waals surface area contributed by atoms with Crippen LogP contribution in [0, 0.1) is 13.8 Å². The summed E-state index contributed by atoms with van der Waals surface area (Å²) in [5.74, 6) is 0. The van der Waals surface area contributed by atoms with Crippen molar-refractivity contribution < 1.29 is 0 Å². The number of rotatable bonds is 7. The van der Waals surface area contributed by atoms with Crippen LogP contribution in [-0.4, -0.2) is 21.6 Å². The number of hydrogen-bond acceptors (Lipinski definition) is 2. The maximum atomic E-state index is 4.90. The van der Waals surface area contributed by atoms with Crippen molar-refractivity contribution in [3.63, 3.8) is 0 Å². The quantitative estimate of drug-likeness (QED) is 0.159. The van der Waals surface area contributed by atoms with Crippen molar-refractivity contribution in [2.45, 2.75) is 40.8 Å². The molecule has 0 aliphatic carbocycles. The van der Waals surface area contributed by atoms with Gasteiger partial charge in [0, 0.05) is 69.1 Å². The molecule has 234 valence electrons. The number of aliphatic imine (C=N–C) groups is 2. The molecular weight excluding hydrogens is 585 g/mol. The average molecular weight is 623 g/mol. The number of hydrogen-bond donors (Lipinski definition) is 0. The predicted molar refractivity (Wildman–Crippen MR) is 206 cm³/mol. The molecule has 0 saturated heterocycles. The third-order valence-corrected chi connectivity index (χ3v) is 9.66. The summed E-state index contributed by atoms with van der Waals surface area (Å²) in [6, 6.07) is 43.6. The van der Waals surface area contributed by atoms with Gasteiger partial charge in [0.1, 0.15) is 0 Å². The van der Waals surface area contributed by atoms with Gasteiger partial charge in [-0.15, -0.1) is 0 Å². The Morgan fingerprint density at radius 3 is 1.29 bits per heavy atom. The largest absolute Gasteiger partial charge is 0.341 e. The van der Waals surface area contributed by atoms with Crippen LogP contribution >= 0.6 is 0 Å². The Hall–Kier alpha value is -5.74. The third-order valence-electron chi connectivity index (χ3n) is 9.66. The van der Waals surface area contributed by atoms with Gasteiger partial charge in [-0.3, -0.25) is 9.98 Å². The van der Waals surface area contributed by atoms with Gasteiger partial charge in [-0.2, -0.15) is 0 Å². The highest BCUT2D eigenvalue weighted by molar-refractivity contribution is 6.10. The van der Waals surface area contributed by atoms with E-state index >= 15 is 0 Å². The first kappa shape index (κ1) is 29.6. The van der Waals surface area contributed by atoms with Crippen LogP contribution in [0.25, 0.3) is 54.7 Å². The number of benzene rings is 6. The smallest absolute Gasteiger partial charge is 0.0659 e. The molecule has 0 bridgehead atoms. The van der Waals surface area contributed by atoms with Gasteiger partial charge in [-0.05, 0) is 122 Å². The lowest BCUT2D eigenvalue weighted by Crippen LogP contribution is -1.92. The summed E-state index contributed by atoms with van der Waals surface area (Å²) >= 11 is 0. The second-order valence-electron chi connectivity index (χ2n) is 12.6. The number of fused-ring (bicyclic) bond motifs is 6. The number of nitrogens with zero attached hydrogens (tertiary/aromatic N) is 4. The SMILES string of the molecule is CCn1c2ccccc2c2cc(C=Nc3ccc(-c4ccc(N=Cc5ccc6c(c5)c5ccccc5n6CC)c(C)c4)cc3C)ccc21. The summed E-state index contributed by atoms with van der Waals surface area (Å²) in [5, 5.41) is 5.12. The molecule has 0 fully saturated rings. The molecule has 0 spiro atoms. The minimum atomic E-state index is 0.946. The predicted octanol–water partition coefficient (Wildman–Crippen LogP) is 11.7. The second kappa shape index (κ2) is 12.1. The Labute approximate surface area is 281 Å². The summed E-state index contributed by atoms with van der Waals surface area (Å²) in [6.07, 6.45) is 3.96. The first-order valence-electron chi connectivity index (χ1n) is 16.8. The Morgan fingerprint density at radius 1 is 0.458 bits per heavy atom. The van der Waals surface area contributed by atoms with E-state index in [1.807, 2.05) is 12.4 Å². The summed E-state index contributed by atoms with van der Waals surface area (Å²) < 4.78 is 4.75. The molecule has 0 aliphatic rings. The van der Waals surface area contributed by atoms with Crippen LogP contribution in [0.5, 0.6) is 0 Å². The van der Waals surface area contributed by atoms with Crippen molar-refractivity contribution >= 4 is 67.4 Å². The summed E-state index contributed by atoms with van der Waals surface area (Å²) in [5.41, 5.74) is 13.9. The normalized spacial score (nSPS) is 12.2. The van der Waals surface area contributed by atoms with E-state index in [0.717, 1.165) is 46.7 Å². The molecule has 0 N–H and O–H groups in total. The molecule has 2 heterocycles. The van der Waals surface area contributed by atoms with Crippen molar-refractivity contribution in [1.82, 2.24) is 9.13 Å². The summed E-state index contributed by atoms with van der Waals surface area (Å²) in [6.45, 7) is 10.6. The molecule has 4 heteroatoms. The van der Waals surface area contributed by atoms with E-state index in [9.17, 15) is 0 Å². The second-order valence-corrected chi connectivity index (χ2v) is 12.6. The fourth-order valence-electron chi connectivity index (χ4n) is 7.23. The fraction of sp³-hybridized carbons (Fsp3) is 0.136. The van der Waals surface area contributed by atoms with Crippen molar-refractivity contribution in [3.05, 3.63) is 144 Å². The van der Waals surface area contributed by atoms with Gasteiger partial charge < -0.3 is 9.13 Å². The Bertz CT molecular complexity index is 2380. The van der Waals surface area contributed by atoms with Crippen molar-refractivity contribution in [3.8, 4) is 11.1 Å². The van der Waals surface area contributed by atoms with Crippen LogP contribution < -0.4 is 0 Å². The Balaban J connectivity index is 1.02. The Kier molecular flexibility index (Phi) is 7.49. The first-order chi connectivity index (χ1) is 23.5. The lowest BCUT2D eigenvalue weighted by atomic mass is 10.00. The molecule has 2 aromatic heterocycles. The maximum Gasteiger partial charge on any atom is 0.0659 e. The zero-order valence-electron chi connectivity index (χ0n) is 27.9. The van der Waals surface area contributed by atoms with Crippen LogP contribution in [-0.2, 0) is 13.1 Å². The highest BCUT2D eigenvalue weighted by atomic mass is 15.0. The molecule has 0 unspecified atom stereocenters. The molecule has 6 aromatic carbocycles. The van der Waals surface area contributed by atoms with E-state index in [-0.39, 0.29) is 0 Å². The van der Waals surface area contributed by atoms with Crippen LogP contribution in [0.3, 0.4) is 0 Å². The van der Waals surface area contributed by atoms with E-state index in [4.69, 9.17) is 9.98 Å². The van der Waals surface area contributed by atoms with Gasteiger partial charge in [0.05, 0.1) is 11.4 Å². The van der Waals surface area contributed by atoms with E-state index in [1.54, 1.807) is 0 Å². The van der Waals surface area contributed by atoms with Crippen LogP contribution in [0.2, 0.25) is 0 Å². The zero-order valence-corrected chi connectivity index (χ0v) is 27.9. The number of aromatic nitrogens is 2. The monoisotopic (exact) mass is 622 g/mol. The van der Waals surface area contributed by atoms with Gasteiger partial charge in [-0.1, -0.05) is 60.7 Å². The van der Waals surface area contributed by atoms with Gasteiger partial charge in [-0.25, -0.2) is 0 Å². The minimum Gasteiger partial charge on any atom is -0.341 e. The van der Waals surface area contributed by atoms with Gasteiger partial charge >= 0.3 is 0 Å². The lowest BCUT2D eigenvalue weighted by molar-refractivity contribution is 0.827. The lowest BCUT2D eigenvalue weighted by Gasteiger charge is -2.08. The zero-order chi connectivity index (χ0) is 32.8. The topological polar surface area (TPSA) is 34.6 Å². The molecule has 4 nitrogen and oxygen atoms in total. The van der Waals surface area contributed by atoms with E-state index in [1.165, 1.54) is 54.7 Å². The summed E-state index contributed by atoms with van der Waals surface area (Å²) in [4.78, 5) is 9.80. The van der Waals surface area contributed by atoms with Crippen LogP contribution in [0.1, 0.15) is 36.1 Å². The molecule has 48 heavy (non-hydrogen) atoms. The summed E-state index contributed by atoms with van der Waals surface area (Å²) in [7, 11) is 0. The van der Waals surface area contributed by atoms with Crippen molar-refractivity contribution in [2.24, 2.45) is 9.98 Å².